The zero-order valence-corrected chi connectivity index (χ0v) is 7.78. The number of aryl methyl sites for hydroxylation is 1. The summed E-state index contributed by atoms with van der Waals surface area (Å²) in [5.41, 5.74) is 6.14. The molecule has 0 saturated carbocycles. The molecule has 1 aromatic rings. The average Bonchev–Trinajstić information content (AvgIpc) is 2.03. The number of nitrogens with two attached hydrogens (primary N) is 1. The van der Waals surface area contributed by atoms with Crippen molar-refractivity contribution in [3.8, 4) is 0 Å². The molecule has 0 aliphatic heterocycles. The molecule has 1 aromatic heterocycles. The first-order valence-electron chi connectivity index (χ1n) is 3.70. The highest BCUT2D eigenvalue weighted by atomic mass is 35.5. The van der Waals surface area contributed by atoms with Crippen LogP contribution in [-0.2, 0) is 6.54 Å². The minimum Gasteiger partial charge on any atom is -0.326 e. The Kier molecular flexibility index (Phi) is 3.17. The molecular formula is C8H9ClF2N2. The number of alkyl halides is 2. The third-order valence-corrected chi connectivity index (χ3v) is 2.06. The summed E-state index contributed by atoms with van der Waals surface area (Å²) >= 11 is 5.73. The number of halogens is 3. The van der Waals surface area contributed by atoms with E-state index in [0.717, 1.165) is 6.07 Å². The molecule has 0 aliphatic carbocycles. The standard InChI is InChI=1S/C8H9ClF2N2/c1-4-5(3-12)6(9)2-7(13-4)8(10)11/h2,8H,3,12H2,1H3. The topological polar surface area (TPSA) is 38.9 Å². The molecule has 5 heteroatoms. The fourth-order valence-corrected chi connectivity index (χ4v) is 1.37. The summed E-state index contributed by atoms with van der Waals surface area (Å²) in [6.07, 6.45) is -2.59. The maximum atomic E-state index is 12.2. The minimum atomic E-state index is -2.59. The summed E-state index contributed by atoms with van der Waals surface area (Å²) in [7, 11) is 0. The van der Waals surface area contributed by atoms with Gasteiger partial charge in [0.1, 0.15) is 5.69 Å². The quantitative estimate of drug-likeness (QED) is 0.807. The monoisotopic (exact) mass is 206 g/mol. The number of hydrogen-bond donors (Lipinski definition) is 1. The Balaban J connectivity index is 3.20. The van der Waals surface area contributed by atoms with E-state index < -0.39 is 6.43 Å². The van der Waals surface area contributed by atoms with Crippen LogP contribution in [0.2, 0.25) is 5.02 Å². The molecule has 0 aromatic carbocycles. The predicted octanol–water partition coefficient (Wildman–Crippen LogP) is 2.44. The van der Waals surface area contributed by atoms with Gasteiger partial charge in [-0.3, -0.25) is 4.98 Å². The lowest BCUT2D eigenvalue weighted by molar-refractivity contribution is 0.146. The van der Waals surface area contributed by atoms with Gasteiger partial charge in [0.25, 0.3) is 6.43 Å². The van der Waals surface area contributed by atoms with Crippen LogP contribution < -0.4 is 5.73 Å². The number of rotatable bonds is 2. The Hall–Kier alpha value is -0.740. The van der Waals surface area contributed by atoms with E-state index in [1.165, 1.54) is 0 Å². The molecule has 2 nitrogen and oxygen atoms in total. The van der Waals surface area contributed by atoms with Crippen LogP contribution in [0.3, 0.4) is 0 Å². The number of hydrogen-bond acceptors (Lipinski definition) is 2. The van der Waals surface area contributed by atoms with Crippen LogP contribution in [0.1, 0.15) is 23.4 Å². The van der Waals surface area contributed by atoms with Gasteiger partial charge in [-0.25, -0.2) is 8.78 Å². The second kappa shape index (κ2) is 3.98. The molecule has 0 bridgehead atoms. The van der Waals surface area contributed by atoms with Gasteiger partial charge in [-0.05, 0) is 13.0 Å². The van der Waals surface area contributed by atoms with E-state index in [4.69, 9.17) is 17.3 Å². The molecule has 2 N–H and O–H groups in total. The highest BCUT2D eigenvalue weighted by Gasteiger charge is 2.13. The second-order valence-electron chi connectivity index (χ2n) is 2.60. The molecule has 1 rings (SSSR count). The Bertz CT molecular complexity index is 292. The normalized spacial score (nSPS) is 10.9. The van der Waals surface area contributed by atoms with Crippen molar-refractivity contribution in [3.63, 3.8) is 0 Å². The molecular weight excluding hydrogens is 198 g/mol. The highest BCUT2D eigenvalue weighted by Crippen LogP contribution is 2.24. The van der Waals surface area contributed by atoms with Gasteiger partial charge in [0, 0.05) is 22.8 Å². The smallest absolute Gasteiger partial charge is 0.280 e. The molecule has 72 valence electrons. The molecule has 0 amide bonds. The van der Waals surface area contributed by atoms with Crippen LogP contribution in [0.15, 0.2) is 6.07 Å². The van der Waals surface area contributed by atoms with Gasteiger partial charge in [-0.15, -0.1) is 0 Å². The van der Waals surface area contributed by atoms with E-state index in [1.807, 2.05) is 0 Å². The first kappa shape index (κ1) is 10.3. The summed E-state index contributed by atoms with van der Waals surface area (Å²) in [5, 5.41) is 0.255. The van der Waals surface area contributed by atoms with E-state index in [9.17, 15) is 8.78 Å². The van der Waals surface area contributed by atoms with E-state index >= 15 is 0 Å². The molecule has 0 spiro atoms. The van der Waals surface area contributed by atoms with Gasteiger partial charge >= 0.3 is 0 Å². The second-order valence-corrected chi connectivity index (χ2v) is 3.00. The van der Waals surface area contributed by atoms with E-state index in [0.29, 0.717) is 11.3 Å². The summed E-state index contributed by atoms with van der Waals surface area (Å²) in [4.78, 5) is 3.69. The van der Waals surface area contributed by atoms with Crippen molar-refractivity contribution >= 4 is 11.6 Å². The van der Waals surface area contributed by atoms with Crippen LogP contribution in [0.5, 0.6) is 0 Å². The maximum Gasteiger partial charge on any atom is 0.280 e. The Morgan fingerprint density at radius 2 is 2.23 bits per heavy atom. The van der Waals surface area contributed by atoms with E-state index in [2.05, 4.69) is 4.98 Å². The Labute approximate surface area is 79.7 Å². The largest absolute Gasteiger partial charge is 0.326 e. The van der Waals surface area contributed by atoms with Gasteiger partial charge < -0.3 is 5.73 Å². The number of aromatic nitrogens is 1. The van der Waals surface area contributed by atoms with Crippen molar-refractivity contribution in [1.82, 2.24) is 4.98 Å². The summed E-state index contributed by atoms with van der Waals surface area (Å²) in [6, 6.07) is 1.15. The van der Waals surface area contributed by atoms with E-state index in [1.54, 1.807) is 6.92 Å². The first-order chi connectivity index (χ1) is 6.06. The molecule has 0 atom stereocenters. The Morgan fingerprint density at radius 1 is 1.62 bits per heavy atom. The van der Waals surface area contributed by atoms with Gasteiger partial charge in [0.2, 0.25) is 0 Å². The van der Waals surface area contributed by atoms with Gasteiger partial charge in [0.15, 0.2) is 0 Å². The molecule has 0 saturated heterocycles. The summed E-state index contributed by atoms with van der Waals surface area (Å²) < 4.78 is 24.4. The van der Waals surface area contributed by atoms with Crippen molar-refractivity contribution in [3.05, 3.63) is 28.0 Å². The molecule has 0 fully saturated rings. The fourth-order valence-electron chi connectivity index (χ4n) is 1.04. The Morgan fingerprint density at radius 3 is 2.62 bits per heavy atom. The predicted molar refractivity (Wildman–Crippen MR) is 46.8 cm³/mol. The molecule has 13 heavy (non-hydrogen) atoms. The maximum absolute atomic E-state index is 12.2. The number of nitrogens with zero attached hydrogens (tertiary/aromatic N) is 1. The van der Waals surface area contributed by atoms with Gasteiger partial charge in [-0.2, -0.15) is 0 Å². The minimum absolute atomic E-state index is 0.210. The summed E-state index contributed by atoms with van der Waals surface area (Å²) in [6.45, 7) is 1.82. The number of pyridine rings is 1. The molecule has 0 aliphatic rings. The van der Waals surface area contributed by atoms with Crippen molar-refractivity contribution in [2.75, 3.05) is 0 Å². The third kappa shape index (κ3) is 2.14. The molecule has 0 radical (unpaired) electrons. The zero-order valence-electron chi connectivity index (χ0n) is 7.02. The average molecular weight is 207 g/mol. The third-order valence-electron chi connectivity index (χ3n) is 1.72. The van der Waals surface area contributed by atoms with Crippen molar-refractivity contribution in [2.45, 2.75) is 19.9 Å². The lowest BCUT2D eigenvalue weighted by Gasteiger charge is -2.07. The van der Waals surface area contributed by atoms with Gasteiger partial charge in [0.05, 0.1) is 0 Å². The van der Waals surface area contributed by atoms with Crippen LogP contribution in [-0.4, -0.2) is 4.98 Å². The lowest BCUT2D eigenvalue weighted by Crippen LogP contribution is -2.04. The highest BCUT2D eigenvalue weighted by molar-refractivity contribution is 6.31. The zero-order chi connectivity index (χ0) is 10.0. The van der Waals surface area contributed by atoms with Crippen LogP contribution in [0.4, 0.5) is 8.78 Å². The van der Waals surface area contributed by atoms with Crippen molar-refractivity contribution < 1.29 is 8.78 Å². The first-order valence-corrected chi connectivity index (χ1v) is 4.08. The van der Waals surface area contributed by atoms with Crippen molar-refractivity contribution in [1.29, 1.82) is 0 Å². The van der Waals surface area contributed by atoms with Crippen LogP contribution >= 0.6 is 11.6 Å². The van der Waals surface area contributed by atoms with Gasteiger partial charge in [-0.1, -0.05) is 11.6 Å². The van der Waals surface area contributed by atoms with Crippen LogP contribution in [0.25, 0.3) is 0 Å². The van der Waals surface area contributed by atoms with Crippen LogP contribution in [0, 0.1) is 6.92 Å². The molecule has 0 unspecified atom stereocenters. The molecule has 1 heterocycles. The SMILES string of the molecule is Cc1nc(C(F)F)cc(Cl)c1CN. The van der Waals surface area contributed by atoms with Crippen molar-refractivity contribution in [2.24, 2.45) is 5.73 Å². The lowest BCUT2D eigenvalue weighted by atomic mass is 10.2. The van der Waals surface area contributed by atoms with E-state index in [-0.39, 0.29) is 17.3 Å². The fraction of sp³-hybridized carbons (Fsp3) is 0.375. The summed E-state index contributed by atoms with van der Waals surface area (Å²) in [5.74, 6) is 0.